The first-order valence-corrected chi connectivity index (χ1v) is 8.69. The summed E-state index contributed by atoms with van der Waals surface area (Å²) in [4.78, 5) is 23.8. The first kappa shape index (κ1) is 16.8. The Labute approximate surface area is 148 Å². The van der Waals surface area contributed by atoms with E-state index in [2.05, 4.69) is 21.2 Å². The fourth-order valence-corrected chi connectivity index (χ4v) is 3.31. The minimum absolute atomic E-state index is 0.0487. The van der Waals surface area contributed by atoms with Crippen molar-refractivity contribution in [1.82, 2.24) is 5.32 Å². The van der Waals surface area contributed by atoms with Crippen molar-refractivity contribution in [2.45, 2.75) is 38.1 Å². The first-order chi connectivity index (χ1) is 11.4. The number of rotatable bonds is 5. The van der Waals surface area contributed by atoms with E-state index in [1.165, 1.54) is 6.07 Å². The van der Waals surface area contributed by atoms with E-state index in [0.717, 1.165) is 29.3 Å². The molecule has 0 bridgehead atoms. The highest BCUT2D eigenvalue weighted by Gasteiger charge is 2.40. The van der Waals surface area contributed by atoms with Crippen LogP contribution in [0.5, 0.6) is 0 Å². The minimum Gasteiger partial charge on any atom is -0.478 e. The van der Waals surface area contributed by atoms with Gasteiger partial charge >= 0.3 is 5.97 Å². The van der Waals surface area contributed by atoms with Crippen LogP contribution in [-0.2, 0) is 12.0 Å². The van der Waals surface area contributed by atoms with E-state index in [0.29, 0.717) is 12.2 Å². The molecule has 2 aromatic rings. The zero-order valence-corrected chi connectivity index (χ0v) is 14.9. The molecule has 1 heterocycles. The van der Waals surface area contributed by atoms with E-state index in [1.54, 1.807) is 6.92 Å². The Bertz CT molecular complexity index is 775. The van der Waals surface area contributed by atoms with Gasteiger partial charge in [-0.25, -0.2) is 4.79 Å². The molecular formula is C18H18BrNO4. The van der Waals surface area contributed by atoms with Gasteiger partial charge in [-0.3, -0.25) is 4.79 Å². The molecule has 1 aliphatic carbocycles. The van der Waals surface area contributed by atoms with E-state index >= 15 is 0 Å². The van der Waals surface area contributed by atoms with Crippen LogP contribution in [0.1, 0.15) is 58.4 Å². The van der Waals surface area contributed by atoms with Gasteiger partial charge in [-0.1, -0.05) is 35.0 Å². The molecule has 1 fully saturated rings. The summed E-state index contributed by atoms with van der Waals surface area (Å²) < 4.78 is 6.44. The van der Waals surface area contributed by atoms with Gasteiger partial charge in [0.05, 0.1) is 5.54 Å². The summed E-state index contributed by atoms with van der Waals surface area (Å²) in [6, 6.07) is 9.19. The molecule has 0 unspecified atom stereocenters. The molecule has 1 aliphatic rings. The molecule has 5 nitrogen and oxygen atoms in total. The molecule has 2 N–H and O–H groups in total. The quantitative estimate of drug-likeness (QED) is 0.803. The Morgan fingerprint density at radius 1 is 1.29 bits per heavy atom. The Morgan fingerprint density at radius 2 is 1.96 bits per heavy atom. The van der Waals surface area contributed by atoms with Crippen molar-refractivity contribution < 1.29 is 19.1 Å². The summed E-state index contributed by atoms with van der Waals surface area (Å²) >= 11 is 3.41. The van der Waals surface area contributed by atoms with E-state index in [9.17, 15) is 14.7 Å². The maximum atomic E-state index is 12.6. The highest BCUT2D eigenvalue weighted by atomic mass is 79.9. The number of halogens is 1. The van der Waals surface area contributed by atoms with Crippen LogP contribution in [0.25, 0.3) is 0 Å². The Kier molecular flexibility index (Phi) is 4.49. The van der Waals surface area contributed by atoms with Gasteiger partial charge in [0.1, 0.15) is 11.3 Å². The molecule has 0 saturated heterocycles. The van der Waals surface area contributed by atoms with Crippen LogP contribution in [0.4, 0.5) is 0 Å². The molecular weight excluding hydrogens is 374 g/mol. The van der Waals surface area contributed by atoms with Gasteiger partial charge in [0, 0.05) is 17.0 Å². The zero-order valence-electron chi connectivity index (χ0n) is 13.3. The largest absolute Gasteiger partial charge is 0.478 e. The number of aryl methyl sites for hydroxylation is 1. The predicted molar refractivity (Wildman–Crippen MR) is 92.2 cm³/mol. The maximum Gasteiger partial charge on any atom is 0.339 e. The molecule has 0 spiro atoms. The zero-order chi connectivity index (χ0) is 17.3. The number of amides is 1. The number of nitrogens with one attached hydrogen (secondary N) is 1. The van der Waals surface area contributed by atoms with E-state index in [4.69, 9.17) is 4.42 Å². The fraction of sp³-hybridized carbons (Fsp3) is 0.333. The molecule has 0 atom stereocenters. The van der Waals surface area contributed by atoms with Crippen LogP contribution in [-0.4, -0.2) is 17.0 Å². The van der Waals surface area contributed by atoms with Gasteiger partial charge in [0.25, 0.3) is 5.91 Å². The third kappa shape index (κ3) is 2.98. The van der Waals surface area contributed by atoms with E-state index < -0.39 is 11.5 Å². The standard InChI is InChI=1S/C18H18BrNO4/c1-2-14-13(17(22)23)10-15(24-14)16(21)20-18(8-3-9-18)11-4-6-12(19)7-5-11/h4-7,10H,2-3,8-9H2,1H3,(H,20,21)(H,22,23). The van der Waals surface area contributed by atoms with Crippen LogP contribution in [0, 0.1) is 0 Å². The minimum atomic E-state index is -1.08. The molecule has 1 amide bonds. The summed E-state index contributed by atoms with van der Waals surface area (Å²) in [5, 5.41) is 12.2. The van der Waals surface area contributed by atoms with E-state index in [1.807, 2.05) is 24.3 Å². The summed E-state index contributed by atoms with van der Waals surface area (Å²) in [5.74, 6) is -1.09. The second kappa shape index (κ2) is 6.43. The lowest BCUT2D eigenvalue weighted by Crippen LogP contribution is -2.50. The third-order valence-corrected chi connectivity index (χ3v) is 5.07. The predicted octanol–water partition coefficient (Wildman–Crippen LogP) is 4.11. The molecule has 126 valence electrons. The van der Waals surface area contributed by atoms with E-state index in [-0.39, 0.29) is 17.2 Å². The van der Waals surface area contributed by atoms with Gasteiger partial charge in [-0.2, -0.15) is 0 Å². The normalized spacial score (nSPS) is 15.6. The second-order valence-corrected chi connectivity index (χ2v) is 6.92. The third-order valence-electron chi connectivity index (χ3n) is 4.54. The Hall–Kier alpha value is -2.08. The molecule has 1 aromatic carbocycles. The number of carboxylic acid groups (broad SMARTS) is 1. The first-order valence-electron chi connectivity index (χ1n) is 7.90. The van der Waals surface area contributed by atoms with Gasteiger partial charge in [0.2, 0.25) is 0 Å². The number of aromatic carboxylic acids is 1. The summed E-state index contributed by atoms with van der Waals surface area (Å²) in [6.07, 6.45) is 3.17. The number of benzene rings is 1. The lowest BCUT2D eigenvalue weighted by Gasteiger charge is -2.43. The number of hydrogen-bond acceptors (Lipinski definition) is 3. The molecule has 3 rings (SSSR count). The highest BCUT2D eigenvalue weighted by molar-refractivity contribution is 9.10. The van der Waals surface area contributed by atoms with Gasteiger partial charge in [-0.15, -0.1) is 0 Å². The Balaban J connectivity index is 1.85. The second-order valence-electron chi connectivity index (χ2n) is 6.00. The van der Waals surface area contributed by atoms with Crippen molar-refractivity contribution in [3.63, 3.8) is 0 Å². The summed E-state index contributed by atoms with van der Waals surface area (Å²) in [6.45, 7) is 1.79. The topological polar surface area (TPSA) is 79.5 Å². The molecule has 24 heavy (non-hydrogen) atoms. The van der Waals surface area contributed by atoms with Gasteiger partial charge in [0.15, 0.2) is 5.76 Å². The smallest absolute Gasteiger partial charge is 0.339 e. The monoisotopic (exact) mass is 391 g/mol. The summed E-state index contributed by atoms with van der Waals surface area (Å²) in [5.41, 5.74) is 0.695. The van der Waals surface area contributed by atoms with Crippen LogP contribution in [0.2, 0.25) is 0 Å². The average molecular weight is 392 g/mol. The van der Waals surface area contributed by atoms with Crippen molar-refractivity contribution in [3.05, 3.63) is 57.5 Å². The van der Waals surface area contributed by atoms with Crippen molar-refractivity contribution in [1.29, 1.82) is 0 Å². The van der Waals surface area contributed by atoms with Gasteiger partial charge < -0.3 is 14.8 Å². The van der Waals surface area contributed by atoms with Crippen LogP contribution >= 0.6 is 15.9 Å². The van der Waals surface area contributed by atoms with Gasteiger partial charge in [-0.05, 0) is 37.0 Å². The van der Waals surface area contributed by atoms with Crippen molar-refractivity contribution in [2.75, 3.05) is 0 Å². The SMILES string of the molecule is CCc1oc(C(=O)NC2(c3ccc(Br)cc3)CCC2)cc1C(=O)O. The number of hydrogen-bond donors (Lipinski definition) is 2. The maximum absolute atomic E-state index is 12.6. The highest BCUT2D eigenvalue weighted by Crippen LogP contribution is 2.41. The molecule has 0 aliphatic heterocycles. The molecule has 0 radical (unpaired) electrons. The van der Waals surface area contributed by atoms with Crippen LogP contribution < -0.4 is 5.32 Å². The number of furan rings is 1. The average Bonchev–Trinajstić information content (AvgIpc) is 2.96. The molecule has 6 heteroatoms. The van der Waals surface area contributed by atoms with Crippen molar-refractivity contribution in [2.24, 2.45) is 0 Å². The van der Waals surface area contributed by atoms with Crippen LogP contribution in [0.3, 0.4) is 0 Å². The summed E-state index contributed by atoms with van der Waals surface area (Å²) in [7, 11) is 0. The molecule has 1 aromatic heterocycles. The fourth-order valence-electron chi connectivity index (χ4n) is 3.05. The lowest BCUT2D eigenvalue weighted by molar-refractivity contribution is 0.0693. The molecule has 1 saturated carbocycles. The number of carboxylic acids is 1. The van der Waals surface area contributed by atoms with Crippen LogP contribution in [0.15, 0.2) is 39.2 Å². The number of carbonyl (C=O) groups excluding carboxylic acids is 1. The Morgan fingerprint density at radius 3 is 2.42 bits per heavy atom. The van der Waals surface area contributed by atoms with Crippen molar-refractivity contribution >= 4 is 27.8 Å². The number of carbonyl (C=O) groups is 2. The lowest BCUT2D eigenvalue weighted by atomic mass is 9.71. The van der Waals surface area contributed by atoms with Crippen molar-refractivity contribution in [3.8, 4) is 0 Å².